The van der Waals surface area contributed by atoms with E-state index < -0.39 is 0 Å². The minimum atomic E-state index is 0.197. The van der Waals surface area contributed by atoms with E-state index in [1.165, 1.54) is 24.0 Å². The Kier molecular flexibility index (Phi) is 1.77. The van der Waals surface area contributed by atoms with Crippen LogP contribution in [0, 0.1) is 5.92 Å². The normalized spacial score (nSPS) is 21.5. The van der Waals surface area contributed by atoms with E-state index in [1.54, 1.807) is 0 Å². The summed E-state index contributed by atoms with van der Waals surface area (Å²) >= 11 is 0. The van der Waals surface area contributed by atoms with Gasteiger partial charge in [0.25, 0.3) is 0 Å². The lowest BCUT2D eigenvalue weighted by Gasteiger charge is -2.14. The van der Waals surface area contributed by atoms with Crippen molar-refractivity contribution in [2.45, 2.75) is 25.3 Å². The summed E-state index contributed by atoms with van der Waals surface area (Å²) in [5.74, 6) is 1.78. The Labute approximate surface area is 84.1 Å². The first kappa shape index (κ1) is 8.30. The summed E-state index contributed by atoms with van der Waals surface area (Å²) in [5, 5.41) is 0. The fourth-order valence-electron chi connectivity index (χ4n) is 2.21. The van der Waals surface area contributed by atoms with Gasteiger partial charge in [-0.2, -0.15) is 0 Å². The lowest BCUT2D eigenvalue weighted by molar-refractivity contribution is 0.350. The Hall–Kier alpha value is -1.02. The Bertz CT molecular complexity index is 357. The molecule has 3 rings (SSSR count). The molecule has 1 saturated carbocycles. The molecule has 0 radical (unpaired) electrons. The summed E-state index contributed by atoms with van der Waals surface area (Å²) in [6, 6.07) is 6.56. The Balaban J connectivity index is 2.00. The minimum absolute atomic E-state index is 0.197. The Morgan fingerprint density at radius 3 is 3.00 bits per heavy atom. The topological polar surface area (TPSA) is 35.2 Å². The SMILES string of the molecule is N[C@H](c1cccc2c1OCC2)C1CC1. The molecule has 1 aromatic rings. The Morgan fingerprint density at radius 2 is 2.21 bits per heavy atom. The van der Waals surface area contributed by atoms with E-state index in [-0.39, 0.29) is 6.04 Å². The van der Waals surface area contributed by atoms with Crippen LogP contribution in [0.3, 0.4) is 0 Å². The number of hydrogen-bond donors (Lipinski definition) is 1. The smallest absolute Gasteiger partial charge is 0.127 e. The van der Waals surface area contributed by atoms with Crippen LogP contribution >= 0.6 is 0 Å². The molecule has 2 heteroatoms. The van der Waals surface area contributed by atoms with Crippen LogP contribution in [0.2, 0.25) is 0 Å². The van der Waals surface area contributed by atoms with Crippen LogP contribution in [0.25, 0.3) is 0 Å². The van der Waals surface area contributed by atoms with Crippen LogP contribution in [0.4, 0.5) is 0 Å². The molecule has 1 heterocycles. The van der Waals surface area contributed by atoms with Crippen molar-refractivity contribution in [3.8, 4) is 5.75 Å². The second-order valence-electron chi connectivity index (χ2n) is 4.30. The van der Waals surface area contributed by atoms with Crippen molar-refractivity contribution in [1.82, 2.24) is 0 Å². The van der Waals surface area contributed by atoms with E-state index in [9.17, 15) is 0 Å². The summed E-state index contributed by atoms with van der Waals surface area (Å²) in [6.07, 6.45) is 3.61. The molecule has 1 atom stereocenters. The molecule has 0 bridgehead atoms. The second-order valence-corrected chi connectivity index (χ2v) is 4.30. The number of para-hydroxylation sites is 1. The standard InChI is InChI=1S/C12H15NO/c13-11(8-4-5-8)10-3-1-2-9-6-7-14-12(9)10/h1-3,8,11H,4-7,13H2/t11-/m0/s1. The lowest BCUT2D eigenvalue weighted by Crippen LogP contribution is -2.13. The number of rotatable bonds is 2. The van der Waals surface area contributed by atoms with Gasteiger partial charge in [-0.3, -0.25) is 0 Å². The molecule has 1 aliphatic carbocycles. The highest BCUT2D eigenvalue weighted by Crippen LogP contribution is 2.43. The van der Waals surface area contributed by atoms with Gasteiger partial charge in [0.2, 0.25) is 0 Å². The molecule has 0 unspecified atom stereocenters. The van der Waals surface area contributed by atoms with Gasteiger partial charge in [0.1, 0.15) is 5.75 Å². The quantitative estimate of drug-likeness (QED) is 0.772. The van der Waals surface area contributed by atoms with Gasteiger partial charge in [-0.1, -0.05) is 18.2 Å². The van der Waals surface area contributed by atoms with Crippen molar-refractivity contribution in [3.05, 3.63) is 29.3 Å². The number of ether oxygens (including phenoxy) is 1. The molecule has 0 spiro atoms. The number of hydrogen-bond acceptors (Lipinski definition) is 2. The van der Waals surface area contributed by atoms with Gasteiger partial charge >= 0.3 is 0 Å². The third-order valence-corrected chi connectivity index (χ3v) is 3.23. The zero-order chi connectivity index (χ0) is 9.54. The van der Waals surface area contributed by atoms with Crippen molar-refractivity contribution in [2.24, 2.45) is 11.7 Å². The predicted molar refractivity (Wildman–Crippen MR) is 55.3 cm³/mol. The Morgan fingerprint density at radius 1 is 1.36 bits per heavy atom. The van der Waals surface area contributed by atoms with Crippen LogP contribution in [-0.2, 0) is 6.42 Å². The molecule has 1 aromatic carbocycles. The van der Waals surface area contributed by atoms with Crippen molar-refractivity contribution in [3.63, 3.8) is 0 Å². The van der Waals surface area contributed by atoms with Crippen LogP contribution in [0.15, 0.2) is 18.2 Å². The summed E-state index contributed by atoms with van der Waals surface area (Å²) in [7, 11) is 0. The van der Waals surface area contributed by atoms with Crippen LogP contribution in [0.1, 0.15) is 30.0 Å². The van der Waals surface area contributed by atoms with Crippen molar-refractivity contribution in [2.75, 3.05) is 6.61 Å². The molecule has 74 valence electrons. The lowest BCUT2D eigenvalue weighted by atomic mass is 9.99. The summed E-state index contributed by atoms with van der Waals surface area (Å²) in [4.78, 5) is 0. The molecule has 2 N–H and O–H groups in total. The van der Waals surface area contributed by atoms with E-state index in [0.29, 0.717) is 5.92 Å². The van der Waals surface area contributed by atoms with Crippen molar-refractivity contribution in [1.29, 1.82) is 0 Å². The molecule has 2 aliphatic rings. The first-order chi connectivity index (χ1) is 6.86. The van der Waals surface area contributed by atoms with Crippen molar-refractivity contribution >= 4 is 0 Å². The van der Waals surface area contributed by atoms with Crippen molar-refractivity contribution < 1.29 is 4.74 Å². The maximum atomic E-state index is 6.19. The van der Waals surface area contributed by atoms with E-state index in [2.05, 4.69) is 18.2 Å². The maximum absolute atomic E-state index is 6.19. The highest BCUT2D eigenvalue weighted by molar-refractivity contribution is 5.46. The monoisotopic (exact) mass is 189 g/mol. The molecule has 0 saturated heterocycles. The van der Waals surface area contributed by atoms with Crippen LogP contribution in [0.5, 0.6) is 5.75 Å². The molecule has 0 aromatic heterocycles. The average molecular weight is 189 g/mol. The third-order valence-electron chi connectivity index (χ3n) is 3.23. The molecule has 0 amide bonds. The number of benzene rings is 1. The fourth-order valence-corrected chi connectivity index (χ4v) is 2.21. The maximum Gasteiger partial charge on any atom is 0.127 e. The average Bonchev–Trinajstić information content (AvgIpc) is 2.94. The highest BCUT2D eigenvalue weighted by atomic mass is 16.5. The van der Waals surface area contributed by atoms with E-state index >= 15 is 0 Å². The summed E-state index contributed by atoms with van der Waals surface area (Å²) < 4.78 is 5.65. The highest BCUT2D eigenvalue weighted by Gasteiger charge is 2.32. The van der Waals surface area contributed by atoms with Gasteiger partial charge in [-0.05, 0) is 24.3 Å². The van der Waals surface area contributed by atoms with Gasteiger partial charge in [-0.15, -0.1) is 0 Å². The molecule has 14 heavy (non-hydrogen) atoms. The third kappa shape index (κ3) is 1.22. The van der Waals surface area contributed by atoms with Crippen LogP contribution in [-0.4, -0.2) is 6.61 Å². The molecular weight excluding hydrogens is 174 g/mol. The zero-order valence-corrected chi connectivity index (χ0v) is 8.20. The molecule has 1 fully saturated rings. The van der Waals surface area contributed by atoms with Gasteiger partial charge in [0, 0.05) is 18.0 Å². The number of fused-ring (bicyclic) bond motifs is 1. The minimum Gasteiger partial charge on any atom is -0.493 e. The predicted octanol–water partition coefficient (Wildman–Crippen LogP) is 2.03. The summed E-state index contributed by atoms with van der Waals surface area (Å²) in [6.45, 7) is 0.823. The van der Waals surface area contributed by atoms with Gasteiger partial charge in [-0.25, -0.2) is 0 Å². The fraction of sp³-hybridized carbons (Fsp3) is 0.500. The second kappa shape index (κ2) is 2.99. The molecule has 1 aliphatic heterocycles. The summed E-state index contributed by atoms with van der Waals surface area (Å²) in [5.41, 5.74) is 8.75. The largest absolute Gasteiger partial charge is 0.493 e. The molecule has 2 nitrogen and oxygen atoms in total. The number of nitrogens with two attached hydrogens (primary N) is 1. The first-order valence-corrected chi connectivity index (χ1v) is 5.36. The molecular formula is C12H15NO. The van der Waals surface area contributed by atoms with E-state index in [0.717, 1.165) is 18.8 Å². The zero-order valence-electron chi connectivity index (χ0n) is 8.20. The van der Waals surface area contributed by atoms with Gasteiger partial charge in [0.05, 0.1) is 6.61 Å². The van der Waals surface area contributed by atoms with E-state index in [4.69, 9.17) is 10.5 Å². The van der Waals surface area contributed by atoms with Gasteiger partial charge in [0.15, 0.2) is 0 Å². The van der Waals surface area contributed by atoms with Gasteiger partial charge < -0.3 is 10.5 Å². The van der Waals surface area contributed by atoms with E-state index in [1.807, 2.05) is 0 Å². The van der Waals surface area contributed by atoms with Crippen LogP contribution < -0.4 is 10.5 Å². The first-order valence-electron chi connectivity index (χ1n) is 5.36.